The van der Waals surface area contributed by atoms with Crippen LogP contribution in [0.25, 0.3) is 10.9 Å². The fourth-order valence-corrected chi connectivity index (χ4v) is 2.70. The van der Waals surface area contributed by atoms with Gasteiger partial charge in [-0.3, -0.25) is 14.7 Å². The van der Waals surface area contributed by atoms with Gasteiger partial charge in [-0.25, -0.2) is 0 Å². The van der Waals surface area contributed by atoms with Crippen LogP contribution >= 0.6 is 0 Å². The molecule has 1 saturated heterocycles. The van der Waals surface area contributed by atoms with Gasteiger partial charge < -0.3 is 4.74 Å². The summed E-state index contributed by atoms with van der Waals surface area (Å²) in [5.74, 6) is 0.0490. The number of carbonyl (C=O) groups is 1. The number of Topliss-reactive ketones (excluding diaryl/α,β-unsaturated/α-hetero) is 1. The molecule has 1 aromatic carbocycles. The topological polar surface area (TPSA) is 42.4 Å². The highest BCUT2D eigenvalue weighted by atomic mass is 16.5. The van der Waals surface area contributed by atoms with Crippen LogP contribution in [0.2, 0.25) is 0 Å². The SMILES string of the molecule is CC(C)N1CCOC(C(=O)c2ccc3cccnc3c2)C1. The van der Waals surface area contributed by atoms with E-state index in [1.54, 1.807) is 6.20 Å². The highest BCUT2D eigenvalue weighted by Crippen LogP contribution is 2.18. The third-order valence-corrected chi connectivity index (χ3v) is 4.01. The minimum Gasteiger partial charge on any atom is -0.367 e. The molecule has 1 unspecified atom stereocenters. The van der Waals surface area contributed by atoms with Gasteiger partial charge in [0.2, 0.25) is 0 Å². The molecule has 21 heavy (non-hydrogen) atoms. The number of aromatic nitrogens is 1. The Morgan fingerprint density at radius 3 is 3.05 bits per heavy atom. The quantitative estimate of drug-likeness (QED) is 0.812. The lowest BCUT2D eigenvalue weighted by molar-refractivity contribution is -0.0256. The molecule has 2 aromatic rings. The number of ether oxygens (including phenoxy) is 1. The maximum Gasteiger partial charge on any atom is 0.192 e. The van der Waals surface area contributed by atoms with Crippen molar-refractivity contribution in [3.63, 3.8) is 0 Å². The van der Waals surface area contributed by atoms with Gasteiger partial charge in [0, 0.05) is 36.3 Å². The standard InChI is InChI=1S/C17H20N2O2/c1-12(2)19-8-9-21-16(11-19)17(20)14-6-5-13-4-3-7-18-15(13)10-14/h3-7,10,12,16H,8-9,11H2,1-2H3. The zero-order valence-electron chi connectivity index (χ0n) is 12.5. The average molecular weight is 284 g/mol. The van der Waals surface area contributed by atoms with Gasteiger partial charge in [-0.05, 0) is 26.0 Å². The van der Waals surface area contributed by atoms with E-state index >= 15 is 0 Å². The molecule has 0 N–H and O–H groups in total. The van der Waals surface area contributed by atoms with Crippen LogP contribution in [0.4, 0.5) is 0 Å². The Hall–Kier alpha value is -1.78. The molecule has 0 aliphatic carbocycles. The molecule has 1 aliphatic rings. The van der Waals surface area contributed by atoms with E-state index in [0.717, 1.165) is 17.4 Å². The number of pyridine rings is 1. The number of carbonyl (C=O) groups excluding carboxylic acids is 1. The highest BCUT2D eigenvalue weighted by molar-refractivity contribution is 6.02. The number of rotatable bonds is 3. The Bertz CT molecular complexity index is 654. The van der Waals surface area contributed by atoms with Gasteiger partial charge >= 0.3 is 0 Å². The van der Waals surface area contributed by atoms with Crippen LogP contribution in [0.1, 0.15) is 24.2 Å². The summed E-state index contributed by atoms with van der Waals surface area (Å²) < 4.78 is 5.68. The molecule has 0 radical (unpaired) electrons. The fourth-order valence-electron chi connectivity index (χ4n) is 2.70. The molecule has 0 amide bonds. The molecule has 0 saturated carbocycles. The van der Waals surface area contributed by atoms with Crippen LogP contribution < -0.4 is 0 Å². The lowest BCUT2D eigenvalue weighted by atomic mass is 10.0. The largest absolute Gasteiger partial charge is 0.367 e. The lowest BCUT2D eigenvalue weighted by Crippen LogP contribution is -2.48. The molecule has 1 aromatic heterocycles. The number of morpholine rings is 1. The first kappa shape index (κ1) is 14.2. The Balaban J connectivity index is 1.82. The van der Waals surface area contributed by atoms with Crippen molar-refractivity contribution in [1.82, 2.24) is 9.88 Å². The van der Waals surface area contributed by atoms with E-state index in [2.05, 4.69) is 23.7 Å². The van der Waals surface area contributed by atoms with Crippen molar-refractivity contribution < 1.29 is 9.53 Å². The third-order valence-electron chi connectivity index (χ3n) is 4.01. The van der Waals surface area contributed by atoms with Gasteiger partial charge in [0.25, 0.3) is 0 Å². The normalized spacial score (nSPS) is 20.0. The minimum absolute atomic E-state index is 0.0490. The van der Waals surface area contributed by atoms with E-state index in [4.69, 9.17) is 4.74 Å². The van der Waals surface area contributed by atoms with Crippen LogP contribution in [0.5, 0.6) is 0 Å². The van der Waals surface area contributed by atoms with E-state index in [-0.39, 0.29) is 11.9 Å². The molecule has 4 nitrogen and oxygen atoms in total. The van der Waals surface area contributed by atoms with Gasteiger partial charge in [-0.15, -0.1) is 0 Å². The second-order valence-electron chi connectivity index (χ2n) is 5.72. The van der Waals surface area contributed by atoms with Crippen molar-refractivity contribution in [2.75, 3.05) is 19.7 Å². The maximum absolute atomic E-state index is 12.6. The first-order chi connectivity index (χ1) is 10.1. The zero-order valence-corrected chi connectivity index (χ0v) is 12.5. The highest BCUT2D eigenvalue weighted by Gasteiger charge is 2.28. The van der Waals surface area contributed by atoms with Gasteiger partial charge in [-0.1, -0.05) is 18.2 Å². The van der Waals surface area contributed by atoms with Crippen molar-refractivity contribution in [3.8, 4) is 0 Å². The zero-order chi connectivity index (χ0) is 14.8. The molecule has 1 fully saturated rings. The summed E-state index contributed by atoms with van der Waals surface area (Å²) >= 11 is 0. The molecular weight excluding hydrogens is 264 g/mol. The van der Waals surface area contributed by atoms with Gasteiger partial charge in [0.05, 0.1) is 12.1 Å². The summed E-state index contributed by atoms with van der Waals surface area (Å²) in [7, 11) is 0. The molecule has 3 rings (SSSR count). The van der Waals surface area contributed by atoms with E-state index in [1.807, 2.05) is 30.3 Å². The fraction of sp³-hybridized carbons (Fsp3) is 0.412. The molecule has 110 valence electrons. The molecule has 2 heterocycles. The number of ketones is 1. The first-order valence-corrected chi connectivity index (χ1v) is 7.40. The van der Waals surface area contributed by atoms with Crippen LogP contribution in [-0.2, 0) is 4.74 Å². The summed E-state index contributed by atoms with van der Waals surface area (Å²) in [6, 6.07) is 9.99. The summed E-state index contributed by atoms with van der Waals surface area (Å²) in [5.41, 5.74) is 1.52. The molecule has 4 heteroatoms. The molecule has 1 aliphatic heterocycles. The van der Waals surface area contributed by atoms with Crippen LogP contribution in [0.15, 0.2) is 36.5 Å². The second-order valence-corrected chi connectivity index (χ2v) is 5.72. The number of benzene rings is 1. The Morgan fingerprint density at radius 1 is 1.38 bits per heavy atom. The van der Waals surface area contributed by atoms with Crippen molar-refractivity contribution >= 4 is 16.7 Å². The molecule has 0 spiro atoms. The number of hydrogen-bond acceptors (Lipinski definition) is 4. The van der Waals surface area contributed by atoms with Crippen LogP contribution in [0.3, 0.4) is 0 Å². The van der Waals surface area contributed by atoms with E-state index in [0.29, 0.717) is 24.8 Å². The predicted molar refractivity (Wildman–Crippen MR) is 82.5 cm³/mol. The third kappa shape index (κ3) is 2.96. The second kappa shape index (κ2) is 5.92. The predicted octanol–water partition coefficient (Wildman–Crippen LogP) is 2.53. The van der Waals surface area contributed by atoms with Crippen molar-refractivity contribution in [2.24, 2.45) is 0 Å². The number of fused-ring (bicyclic) bond motifs is 1. The first-order valence-electron chi connectivity index (χ1n) is 7.40. The smallest absolute Gasteiger partial charge is 0.192 e. The average Bonchev–Trinajstić information content (AvgIpc) is 2.53. The summed E-state index contributed by atoms with van der Waals surface area (Å²) in [6.45, 7) is 6.46. The number of hydrogen-bond donors (Lipinski definition) is 0. The molecular formula is C17H20N2O2. The lowest BCUT2D eigenvalue weighted by Gasteiger charge is -2.34. The van der Waals surface area contributed by atoms with Gasteiger partial charge in [0.1, 0.15) is 6.10 Å². The van der Waals surface area contributed by atoms with Crippen molar-refractivity contribution in [3.05, 3.63) is 42.1 Å². The van der Waals surface area contributed by atoms with Gasteiger partial charge in [0.15, 0.2) is 5.78 Å². The van der Waals surface area contributed by atoms with E-state index in [9.17, 15) is 4.79 Å². The Labute approximate surface area is 124 Å². The summed E-state index contributed by atoms with van der Waals surface area (Å²) in [5, 5.41) is 1.04. The number of nitrogens with zero attached hydrogens (tertiary/aromatic N) is 2. The van der Waals surface area contributed by atoms with Crippen LogP contribution in [0, 0.1) is 0 Å². The Kier molecular flexibility index (Phi) is 3.99. The van der Waals surface area contributed by atoms with Crippen LogP contribution in [-0.4, -0.2) is 47.5 Å². The minimum atomic E-state index is -0.373. The maximum atomic E-state index is 12.6. The summed E-state index contributed by atoms with van der Waals surface area (Å²) in [6.07, 6.45) is 1.37. The van der Waals surface area contributed by atoms with Crippen molar-refractivity contribution in [1.29, 1.82) is 0 Å². The monoisotopic (exact) mass is 284 g/mol. The van der Waals surface area contributed by atoms with E-state index < -0.39 is 0 Å². The molecule has 1 atom stereocenters. The van der Waals surface area contributed by atoms with E-state index in [1.165, 1.54) is 0 Å². The summed E-state index contributed by atoms with van der Waals surface area (Å²) in [4.78, 5) is 19.2. The Morgan fingerprint density at radius 2 is 2.24 bits per heavy atom. The van der Waals surface area contributed by atoms with Gasteiger partial charge in [-0.2, -0.15) is 0 Å². The van der Waals surface area contributed by atoms with Crippen molar-refractivity contribution in [2.45, 2.75) is 26.0 Å². The molecule has 0 bridgehead atoms.